The highest BCUT2D eigenvalue weighted by molar-refractivity contribution is 9.10. The van der Waals surface area contributed by atoms with Gasteiger partial charge in [-0.25, -0.2) is 0 Å². The molecule has 2 nitrogen and oxygen atoms in total. The van der Waals surface area contributed by atoms with E-state index in [4.69, 9.17) is 5.73 Å². The van der Waals surface area contributed by atoms with Crippen LogP contribution in [-0.4, -0.2) is 24.0 Å². The van der Waals surface area contributed by atoms with Crippen LogP contribution in [0, 0.1) is 0 Å². The summed E-state index contributed by atoms with van der Waals surface area (Å²) in [5.41, 5.74) is 9.04. The molecule has 2 N–H and O–H groups in total. The zero-order valence-corrected chi connectivity index (χ0v) is 13.0. The number of hydrogen-bond acceptors (Lipinski definition) is 2. The van der Waals surface area contributed by atoms with Gasteiger partial charge in [-0.3, -0.25) is 4.90 Å². The quantitative estimate of drug-likeness (QED) is 0.934. The van der Waals surface area contributed by atoms with Crippen LogP contribution in [0.3, 0.4) is 0 Å². The van der Waals surface area contributed by atoms with E-state index in [0.717, 1.165) is 24.1 Å². The molecule has 3 rings (SSSR count). The van der Waals surface area contributed by atoms with Crippen molar-refractivity contribution in [2.45, 2.75) is 18.5 Å². The average molecular weight is 331 g/mol. The first kappa shape index (κ1) is 13.8. The maximum absolute atomic E-state index is 6.34. The second-order valence-electron chi connectivity index (χ2n) is 5.50. The molecular weight excluding hydrogens is 312 g/mol. The summed E-state index contributed by atoms with van der Waals surface area (Å²) in [4.78, 5) is 2.45. The molecule has 0 unspecified atom stereocenters. The lowest BCUT2D eigenvalue weighted by atomic mass is 9.95. The molecule has 104 valence electrons. The Labute approximate surface area is 128 Å². The number of rotatable bonds is 3. The number of halogens is 1. The Morgan fingerprint density at radius 1 is 1.00 bits per heavy atom. The van der Waals surface area contributed by atoms with E-state index < -0.39 is 0 Å². The Morgan fingerprint density at radius 2 is 1.70 bits per heavy atom. The number of hydrogen-bond donors (Lipinski definition) is 1. The molecule has 1 fully saturated rings. The predicted molar refractivity (Wildman–Crippen MR) is 86.6 cm³/mol. The maximum Gasteiger partial charge on any atom is 0.0250 e. The van der Waals surface area contributed by atoms with Crippen LogP contribution in [-0.2, 0) is 6.54 Å². The molecule has 1 aliphatic rings. The van der Waals surface area contributed by atoms with E-state index in [1.54, 1.807) is 0 Å². The normalized spacial score (nSPS) is 23.1. The first-order valence-corrected chi connectivity index (χ1v) is 7.79. The number of nitrogens with zero attached hydrogens (tertiary/aromatic N) is 1. The number of nitrogens with two attached hydrogens (primary N) is 1. The minimum atomic E-state index is 0.222. The molecule has 0 saturated carbocycles. The standard InChI is InChI=1S/C17H19BrN2/c18-15-8-6-14(7-9-15)16-11-20(12-17(16)19)10-13-4-2-1-3-5-13/h1-9,16-17H,10-12,19H2/t16-,17-/m0/s1. The van der Waals surface area contributed by atoms with Crippen molar-refractivity contribution in [3.05, 3.63) is 70.2 Å². The smallest absolute Gasteiger partial charge is 0.0250 e. The summed E-state index contributed by atoms with van der Waals surface area (Å²) in [6.45, 7) is 2.99. The van der Waals surface area contributed by atoms with E-state index in [9.17, 15) is 0 Å². The molecule has 0 aliphatic carbocycles. The topological polar surface area (TPSA) is 29.3 Å². The van der Waals surface area contributed by atoms with E-state index in [0.29, 0.717) is 5.92 Å². The van der Waals surface area contributed by atoms with E-state index in [-0.39, 0.29) is 6.04 Å². The van der Waals surface area contributed by atoms with Gasteiger partial charge in [-0.2, -0.15) is 0 Å². The van der Waals surface area contributed by atoms with Crippen LogP contribution in [0.2, 0.25) is 0 Å². The van der Waals surface area contributed by atoms with Crippen molar-refractivity contribution in [1.29, 1.82) is 0 Å². The van der Waals surface area contributed by atoms with Crippen molar-refractivity contribution < 1.29 is 0 Å². The molecule has 1 aliphatic heterocycles. The van der Waals surface area contributed by atoms with Crippen LogP contribution in [0.5, 0.6) is 0 Å². The molecule has 2 atom stereocenters. The molecule has 3 heteroatoms. The Balaban J connectivity index is 1.69. The largest absolute Gasteiger partial charge is 0.326 e. The van der Waals surface area contributed by atoms with E-state index >= 15 is 0 Å². The van der Waals surface area contributed by atoms with Gasteiger partial charge < -0.3 is 5.73 Å². The molecule has 1 heterocycles. The van der Waals surface area contributed by atoms with Gasteiger partial charge in [0, 0.05) is 36.1 Å². The van der Waals surface area contributed by atoms with Gasteiger partial charge in [-0.1, -0.05) is 58.4 Å². The van der Waals surface area contributed by atoms with Gasteiger partial charge >= 0.3 is 0 Å². The van der Waals surface area contributed by atoms with Gasteiger partial charge in [-0.05, 0) is 23.3 Å². The van der Waals surface area contributed by atoms with Gasteiger partial charge in [0.05, 0.1) is 0 Å². The average Bonchev–Trinajstić information content (AvgIpc) is 2.81. The monoisotopic (exact) mass is 330 g/mol. The fourth-order valence-corrected chi connectivity index (χ4v) is 3.21. The van der Waals surface area contributed by atoms with E-state index in [2.05, 4.69) is 75.4 Å². The summed E-state index contributed by atoms with van der Waals surface area (Å²) >= 11 is 3.48. The molecular formula is C17H19BrN2. The van der Waals surface area contributed by atoms with Crippen LogP contribution in [0.4, 0.5) is 0 Å². The number of likely N-dealkylation sites (tertiary alicyclic amines) is 1. The van der Waals surface area contributed by atoms with E-state index in [1.165, 1.54) is 11.1 Å². The van der Waals surface area contributed by atoms with Crippen LogP contribution in [0.15, 0.2) is 59.1 Å². The van der Waals surface area contributed by atoms with Crippen molar-refractivity contribution in [3.8, 4) is 0 Å². The lowest BCUT2D eigenvalue weighted by Gasteiger charge is -2.16. The van der Waals surface area contributed by atoms with Crippen molar-refractivity contribution in [2.75, 3.05) is 13.1 Å². The summed E-state index contributed by atoms with van der Waals surface area (Å²) in [6.07, 6.45) is 0. The minimum absolute atomic E-state index is 0.222. The molecule has 0 aromatic heterocycles. The fourth-order valence-electron chi connectivity index (χ4n) is 2.95. The Morgan fingerprint density at radius 3 is 2.40 bits per heavy atom. The second kappa shape index (κ2) is 6.08. The Hall–Kier alpha value is -1.16. The third kappa shape index (κ3) is 3.11. The van der Waals surface area contributed by atoms with Crippen molar-refractivity contribution in [3.63, 3.8) is 0 Å². The molecule has 0 bridgehead atoms. The molecule has 1 saturated heterocycles. The van der Waals surface area contributed by atoms with Gasteiger partial charge in [0.1, 0.15) is 0 Å². The zero-order chi connectivity index (χ0) is 13.9. The predicted octanol–water partition coefficient (Wildman–Crippen LogP) is 3.38. The fraction of sp³-hybridized carbons (Fsp3) is 0.294. The maximum atomic E-state index is 6.34. The Kier molecular flexibility index (Phi) is 4.20. The molecule has 0 radical (unpaired) electrons. The van der Waals surface area contributed by atoms with E-state index in [1.807, 2.05) is 0 Å². The molecule has 2 aromatic rings. The molecule has 20 heavy (non-hydrogen) atoms. The summed E-state index contributed by atoms with van der Waals surface area (Å²) in [6, 6.07) is 19.4. The van der Waals surface area contributed by atoms with Crippen molar-refractivity contribution in [1.82, 2.24) is 4.90 Å². The first-order chi connectivity index (χ1) is 9.72. The summed E-state index contributed by atoms with van der Waals surface area (Å²) in [7, 11) is 0. The number of benzene rings is 2. The van der Waals surface area contributed by atoms with Gasteiger partial charge in [0.15, 0.2) is 0 Å². The van der Waals surface area contributed by atoms with Crippen LogP contribution in [0.25, 0.3) is 0 Å². The lowest BCUT2D eigenvalue weighted by Crippen LogP contribution is -2.28. The third-order valence-electron chi connectivity index (χ3n) is 3.99. The van der Waals surface area contributed by atoms with Crippen molar-refractivity contribution >= 4 is 15.9 Å². The zero-order valence-electron chi connectivity index (χ0n) is 11.4. The van der Waals surface area contributed by atoms with Crippen LogP contribution in [0.1, 0.15) is 17.0 Å². The molecule has 2 aromatic carbocycles. The van der Waals surface area contributed by atoms with Crippen LogP contribution < -0.4 is 5.73 Å². The molecule has 0 amide bonds. The molecule has 0 spiro atoms. The second-order valence-corrected chi connectivity index (χ2v) is 6.42. The van der Waals surface area contributed by atoms with Gasteiger partial charge in [-0.15, -0.1) is 0 Å². The highest BCUT2D eigenvalue weighted by atomic mass is 79.9. The van der Waals surface area contributed by atoms with Gasteiger partial charge in [0.2, 0.25) is 0 Å². The summed E-state index contributed by atoms with van der Waals surface area (Å²) in [5.74, 6) is 0.437. The third-order valence-corrected chi connectivity index (χ3v) is 4.52. The first-order valence-electron chi connectivity index (χ1n) is 7.00. The minimum Gasteiger partial charge on any atom is -0.326 e. The SMILES string of the molecule is N[C@H]1CN(Cc2ccccc2)C[C@H]1c1ccc(Br)cc1. The van der Waals surface area contributed by atoms with Crippen molar-refractivity contribution in [2.24, 2.45) is 5.73 Å². The highest BCUT2D eigenvalue weighted by Gasteiger charge is 2.30. The lowest BCUT2D eigenvalue weighted by molar-refractivity contribution is 0.324. The van der Waals surface area contributed by atoms with Crippen LogP contribution >= 0.6 is 15.9 Å². The highest BCUT2D eigenvalue weighted by Crippen LogP contribution is 2.28. The summed E-state index contributed by atoms with van der Waals surface area (Å²) in [5, 5.41) is 0. The summed E-state index contributed by atoms with van der Waals surface area (Å²) < 4.78 is 1.12. The Bertz CT molecular complexity index is 553. The van der Waals surface area contributed by atoms with Gasteiger partial charge in [0.25, 0.3) is 0 Å².